The average molecular weight is 803 g/mol. The number of aromatic nitrogens is 2. The van der Waals surface area contributed by atoms with Crippen molar-refractivity contribution in [2.75, 3.05) is 46.4 Å². The number of likely N-dealkylation sites (tertiary alicyclic amines) is 2. The molecule has 2 aliphatic rings. The number of aromatic amines is 1. The van der Waals surface area contributed by atoms with Crippen LogP contribution in [0.1, 0.15) is 78.9 Å². The molecule has 1 amide bonds. The van der Waals surface area contributed by atoms with Crippen molar-refractivity contribution in [3.63, 3.8) is 0 Å². The molecule has 4 N–H and O–H groups in total. The van der Waals surface area contributed by atoms with Crippen LogP contribution in [0, 0.1) is 11.6 Å². The number of carbonyl (C=O) groups is 1. The molecule has 3 heterocycles. The lowest BCUT2D eigenvalue weighted by Gasteiger charge is -2.32. The van der Waals surface area contributed by atoms with Crippen molar-refractivity contribution in [3.05, 3.63) is 130 Å². The number of H-pyrrole nitrogens is 1. The van der Waals surface area contributed by atoms with Gasteiger partial charge in [0.15, 0.2) is 0 Å². The van der Waals surface area contributed by atoms with Crippen LogP contribution in [0.2, 0.25) is 0 Å². The Kier molecular flexibility index (Phi) is 13.9. The second-order valence-electron chi connectivity index (χ2n) is 14.7. The largest absolute Gasteiger partial charge is 0.496 e. The summed E-state index contributed by atoms with van der Waals surface area (Å²) in [6, 6.07) is 25.7. The van der Waals surface area contributed by atoms with E-state index >= 15 is 0 Å². The van der Waals surface area contributed by atoms with Crippen LogP contribution in [0.15, 0.2) is 101 Å². The third-order valence-electron chi connectivity index (χ3n) is 11.2. The Bertz CT molecular complexity index is 2230. The first-order chi connectivity index (χ1) is 27.4. The number of nitrogens with zero attached hydrogens (tertiary/aromatic N) is 3. The lowest BCUT2D eigenvalue weighted by atomic mass is 9.87. The summed E-state index contributed by atoms with van der Waals surface area (Å²) in [7, 11) is -2.44. The summed E-state index contributed by atoms with van der Waals surface area (Å²) in [5.41, 5.74) is 4.10. The Morgan fingerprint density at radius 1 is 0.930 bits per heavy atom. The van der Waals surface area contributed by atoms with Crippen LogP contribution in [0.5, 0.6) is 5.75 Å². The summed E-state index contributed by atoms with van der Waals surface area (Å²) in [5, 5.41) is 7.98. The van der Waals surface area contributed by atoms with E-state index in [1.54, 1.807) is 0 Å². The summed E-state index contributed by atoms with van der Waals surface area (Å²) in [5.74, 6) is -0.454. The van der Waals surface area contributed by atoms with Crippen molar-refractivity contribution in [2.45, 2.75) is 68.3 Å². The number of nitrogens with two attached hydrogens (primary N) is 1. The van der Waals surface area contributed by atoms with E-state index in [4.69, 9.17) is 9.88 Å². The molecule has 57 heavy (non-hydrogen) atoms. The molecule has 304 valence electrons. The third kappa shape index (κ3) is 10.5. The van der Waals surface area contributed by atoms with Gasteiger partial charge in [-0.1, -0.05) is 43.3 Å². The van der Waals surface area contributed by atoms with Gasteiger partial charge in [0.05, 0.1) is 28.6 Å². The molecule has 2 saturated heterocycles. The predicted octanol–water partition coefficient (Wildman–Crippen LogP) is 6.41. The summed E-state index contributed by atoms with van der Waals surface area (Å²) in [6.45, 7) is 7.48. The van der Waals surface area contributed by atoms with Crippen LogP contribution in [0.4, 0.5) is 8.78 Å². The fraction of sp³-hybridized carbons (Fsp3) is 0.395. The van der Waals surface area contributed by atoms with Crippen molar-refractivity contribution in [1.82, 2.24) is 24.7 Å². The number of carbonyl (C=O) groups excluding carboxylic acids is 1. The molecule has 4 aromatic carbocycles. The van der Waals surface area contributed by atoms with Gasteiger partial charge in [-0.2, -0.15) is 0 Å². The zero-order chi connectivity index (χ0) is 40.5. The van der Waals surface area contributed by atoms with Crippen LogP contribution in [0.3, 0.4) is 0 Å². The maximum atomic E-state index is 13.5. The molecule has 0 saturated carbocycles. The standard InChI is InChI=1S/C28H29F2N3O.C15H23N3O4S/c29-22-11-7-20(8-12-22)25(21-9-13-23(30)14-10-21)4-3-17-32-18-15-24(16-19-32)33-27-6-2-1-5-26(27)31-28(33)34;1-3-18-8-4-5-11(18)10-17-15(19)13-9-12(23(16,20)21)6-7-14(13)22-2/h1-2,5-14,24-25H,3-4,15-19H2,(H,31,34);6-7,9,11H,3-5,8,10H2,1-2H3,(H,17,19)(H2,16,20,21). The van der Waals surface area contributed by atoms with Gasteiger partial charge in [0, 0.05) is 37.6 Å². The highest BCUT2D eigenvalue weighted by molar-refractivity contribution is 7.89. The van der Waals surface area contributed by atoms with Crippen molar-refractivity contribution < 1.29 is 26.7 Å². The molecule has 0 bridgehead atoms. The number of amides is 1. The number of hydrogen-bond acceptors (Lipinski definition) is 7. The molecule has 2 fully saturated rings. The van der Waals surface area contributed by atoms with Crippen LogP contribution >= 0.6 is 0 Å². The number of nitrogens with one attached hydrogen (secondary N) is 2. The second-order valence-corrected chi connectivity index (χ2v) is 16.3. The van der Waals surface area contributed by atoms with Gasteiger partial charge in [0.25, 0.3) is 5.91 Å². The number of sulfonamides is 1. The monoisotopic (exact) mass is 802 g/mol. The van der Waals surface area contributed by atoms with Crippen LogP contribution in [-0.2, 0) is 10.0 Å². The van der Waals surface area contributed by atoms with E-state index in [0.717, 1.165) is 93.4 Å². The number of para-hydroxylation sites is 2. The molecule has 7 rings (SSSR count). The van der Waals surface area contributed by atoms with E-state index in [2.05, 4.69) is 27.0 Å². The lowest BCUT2D eigenvalue weighted by molar-refractivity contribution is 0.0938. The number of methoxy groups -OCH3 is 1. The number of piperidine rings is 1. The minimum Gasteiger partial charge on any atom is -0.496 e. The number of imidazole rings is 1. The number of ether oxygens (including phenoxy) is 1. The van der Waals surface area contributed by atoms with Gasteiger partial charge in [-0.3, -0.25) is 14.3 Å². The zero-order valence-electron chi connectivity index (χ0n) is 32.5. The Morgan fingerprint density at radius 3 is 2.19 bits per heavy atom. The fourth-order valence-electron chi connectivity index (χ4n) is 8.16. The summed E-state index contributed by atoms with van der Waals surface area (Å²) in [4.78, 5) is 32.6. The van der Waals surface area contributed by atoms with Gasteiger partial charge in [-0.25, -0.2) is 27.1 Å². The van der Waals surface area contributed by atoms with Crippen LogP contribution in [-0.4, -0.2) is 86.1 Å². The number of primary sulfonamides is 1. The molecule has 11 nitrogen and oxygen atoms in total. The highest BCUT2D eigenvalue weighted by Crippen LogP contribution is 2.31. The van der Waals surface area contributed by atoms with Crippen LogP contribution in [0.25, 0.3) is 11.0 Å². The first-order valence-corrected chi connectivity index (χ1v) is 21.2. The molecule has 1 unspecified atom stereocenters. The number of rotatable bonds is 13. The minimum atomic E-state index is -3.87. The van der Waals surface area contributed by atoms with Gasteiger partial charge in [0.1, 0.15) is 17.4 Å². The van der Waals surface area contributed by atoms with Crippen molar-refractivity contribution in [3.8, 4) is 5.75 Å². The molecular weight excluding hydrogens is 751 g/mol. The minimum absolute atomic E-state index is 0.0268. The normalized spacial score (nSPS) is 16.8. The lowest BCUT2D eigenvalue weighted by Crippen LogP contribution is -2.40. The molecule has 14 heteroatoms. The highest BCUT2D eigenvalue weighted by Gasteiger charge is 2.26. The van der Waals surface area contributed by atoms with Gasteiger partial charge in [0.2, 0.25) is 10.0 Å². The molecule has 0 radical (unpaired) electrons. The predicted molar refractivity (Wildman–Crippen MR) is 218 cm³/mol. The molecule has 0 aliphatic carbocycles. The number of halogens is 2. The fourth-order valence-corrected chi connectivity index (χ4v) is 8.70. The van der Waals surface area contributed by atoms with Gasteiger partial charge in [-0.05, 0) is 124 Å². The van der Waals surface area contributed by atoms with E-state index < -0.39 is 10.0 Å². The Hall–Kier alpha value is -4.89. The Labute approximate surface area is 332 Å². The molecule has 5 aromatic rings. The number of hydrogen-bond donors (Lipinski definition) is 3. The maximum absolute atomic E-state index is 13.5. The first kappa shape index (κ1) is 41.7. The Morgan fingerprint density at radius 2 is 1.58 bits per heavy atom. The second kappa shape index (κ2) is 19.0. The topological polar surface area (TPSA) is 143 Å². The SMILES string of the molecule is CCN1CCCC1CNC(=O)c1cc(S(N)(=O)=O)ccc1OC.O=c1[nH]c2ccccc2n1C1CCN(CCCC(c2ccc(F)cc2)c2ccc(F)cc2)CC1. The van der Waals surface area contributed by atoms with E-state index in [1.807, 2.05) is 53.1 Å². The first-order valence-electron chi connectivity index (χ1n) is 19.6. The summed E-state index contributed by atoms with van der Waals surface area (Å²) >= 11 is 0. The summed E-state index contributed by atoms with van der Waals surface area (Å²) in [6.07, 6.45) is 5.94. The quantitative estimate of drug-likeness (QED) is 0.125. The number of benzene rings is 4. The third-order valence-corrected chi connectivity index (χ3v) is 12.1. The van der Waals surface area contributed by atoms with E-state index in [0.29, 0.717) is 18.3 Å². The van der Waals surface area contributed by atoms with E-state index in [9.17, 15) is 26.8 Å². The maximum Gasteiger partial charge on any atom is 0.326 e. The van der Waals surface area contributed by atoms with Crippen molar-refractivity contribution >= 4 is 27.0 Å². The van der Waals surface area contributed by atoms with E-state index in [-0.39, 0.29) is 45.7 Å². The molecule has 2 aliphatic heterocycles. The van der Waals surface area contributed by atoms with Gasteiger partial charge in [-0.15, -0.1) is 0 Å². The van der Waals surface area contributed by atoms with Crippen molar-refractivity contribution in [1.29, 1.82) is 0 Å². The van der Waals surface area contributed by atoms with Gasteiger partial charge >= 0.3 is 5.69 Å². The number of fused-ring (bicyclic) bond motifs is 1. The zero-order valence-corrected chi connectivity index (χ0v) is 33.3. The van der Waals surface area contributed by atoms with E-state index in [1.165, 1.54) is 49.6 Å². The Balaban J connectivity index is 0.000000209. The summed E-state index contributed by atoms with van der Waals surface area (Å²) < 4.78 is 56.9. The molecule has 1 aromatic heterocycles. The van der Waals surface area contributed by atoms with Crippen LogP contribution < -0.4 is 20.9 Å². The molecule has 0 spiro atoms. The highest BCUT2D eigenvalue weighted by atomic mass is 32.2. The number of likely N-dealkylation sites (N-methyl/N-ethyl adjacent to an activating group) is 1. The molecule has 1 atom stereocenters. The van der Waals surface area contributed by atoms with Gasteiger partial charge < -0.3 is 19.9 Å². The smallest absolute Gasteiger partial charge is 0.326 e. The average Bonchev–Trinajstić information content (AvgIpc) is 3.82. The van der Waals surface area contributed by atoms with Crippen molar-refractivity contribution in [2.24, 2.45) is 5.14 Å². The molecular formula is C43H52F2N6O5S.